The molecule has 1 aromatic carbocycles. The van der Waals surface area contributed by atoms with Crippen LogP contribution in [0.15, 0.2) is 36.0 Å². The van der Waals surface area contributed by atoms with E-state index in [9.17, 15) is 4.79 Å². The molecule has 1 fully saturated rings. The quantitative estimate of drug-likeness (QED) is 0.507. The molecule has 7 nitrogen and oxygen atoms in total. The number of carbonyl (C=O) groups excluding carboxylic acids is 1. The molecule has 150 valence electrons. The van der Waals surface area contributed by atoms with Crippen molar-refractivity contribution in [1.29, 1.82) is 0 Å². The summed E-state index contributed by atoms with van der Waals surface area (Å²) in [6.45, 7) is 4.49. The van der Waals surface area contributed by atoms with E-state index in [1.807, 2.05) is 6.08 Å². The van der Waals surface area contributed by atoms with Crippen LogP contribution in [0.25, 0.3) is 0 Å². The molecule has 3 rings (SSSR count). The number of hydrogen-bond donors (Lipinski definition) is 1. The molecule has 8 heteroatoms. The zero-order valence-corrected chi connectivity index (χ0v) is 17.1. The normalized spacial score (nSPS) is 14.1. The van der Waals surface area contributed by atoms with Crippen LogP contribution in [0.3, 0.4) is 0 Å². The first-order valence-electron chi connectivity index (χ1n) is 9.35. The van der Waals surface area contributed by atoms with Crippen molar-refractivity contribution >= 4 is 23.4 Å². The standard InChI is InChI=1S/C20H26N4O3S/c1-4-11-24-19(14-7-5-6-8-14)22-23-20(24)28-13-18(25)21-16-10-9-15(26-2)12-17(16)27-3/h4,9-10,12,14H,1,5-8,11,13H2,2-3H3,(H,21,25). The van der Waals surface area contributed by atoms with Gasteiger partial charge in [0.05, 0.1) is 25.7 Å². The minimum absolute atomic E-state index is 0.135. The van der Waals surface area contributed by atoms with E-state index in [0.717, 1.165) is 23.8 Å². The summed E-state index contributed by atoms with van der Waals surface area (Å²) in [6, 6.07) is 5.27. The Morgan fingerprint density at radius 2 is 2.11 bits per heavy atom. The third kappa shape index (κ3) is 4.67. The first-order valence-corrected chi connectivity index (χ1v) is 10.3. The first-order chi connectivity index (χ1) is 13.7. The van der Waals surface area contributed by atoms with Gasteiger partial charge in [-0.2, -0.15) is 0 Å². The molecule has 1 amide bonds. The van der Waals surface area contributed by atoms with E-state index in [1.165, 1.54) is 24.6 Å². The van der Waals surface area contributed by atoms with Gasteiger partial charge in [0.25, 0.3) is 0 Å². The fourth-order valence-corrected chi connectivity index (χ4v) is 4.17. The van der Waals surface area contributed by atoms with Crippen LogP contribution in [0, 0.1) is 0 Å². The minimum atomic E-state index is -0.135. The van der Waals surface area contributed by atoms with Gasteiger partial charge in [0, 0.05) is 18.5 Å². The Bertz CT molecular complexity index is 831. The van der Waals surface area contributed by atoms with E-state index in [2.05, 4.69) is 26.7 Å². The average molecular weight is 403 g/mol. The lowest BCUT2D eigenvalue weighted by Crippen LogP contribution is -2.15. The molecule has 0 spiro atoms. The minimum Gasteiger partial charge on any atom is -0.497 e. The second-order valence-corrected chi connectivity index (χ2v) is 7.57. The van der Waals surface area contributed by atoms with E-state index in [1.54, 1.807) is 32.4 Å². The SMILES string of the molecule is C=CCn1c(SCC(=O)Nc2ccc(OC)cc2OC)nnc1C1CCCC1. The molecule has 1 heterocycles. The molecular weight excluding hydrogens is 376 g/mol. The summed E-state index contributed by atoms with van der Waals surface area (Å²) in [5.41, 5.74) is 0.605. The zero-order chi connectivity index (χ0) is 19.9. The van der Waals surface area contributed by atoms with Crippen molar-refractivity contribution in [1.82, 2.24) is 14.8 Å². The highest BCUT2D eigenvalue weighted by atomic mass is 32.2. The maximum Gasteiger partial charge on any atom is 0.234 e. The van der Waals surface area contributed by atoms with E-state index in [-0.39, 0.29) is 11.7 Å². The van der Waals surface area contributed by atoms with Crippen molar-refractivity contribution in [3.63, 3.8) is 0 Å². The van der Waals surface area contributed by atoms with E-state index in [0.29, 0.717) is 29.6 Å². The number of anilines is 1. The topological polar surface area (TPSA) is 78.3 Å². The summed E-state index contributed by atoms with van der Waals surface area (Å²) < 4.78 is 12.6. The number of nitrogens with one attached hydrogen (secondary N) is 1. The largest absolute Gasteiger partial charge is 0.497 e. The zero-order valence-electron chi connectivity index (χ0n) is 16.3. The molecular formula is C20H26N4O3S. The highest BCUT2D eigenvalue weighted by Gasteiger charge is 2.24. The Balaban J connectivity index is 1.65. The maximum absolute atomic E-state index is 12.4. The van der Waals surface area contributed by atoms with E-state index in [4.69, 9.17) is 9.47 Å². The van der Waals surface area contributed by atoms with Gasteiger partial charge in [0.15, 0.2) is 5.16 Å². The van der Waals surface area contributed by atoms with Gasteiger partial charge in [0.2, 0.25) is 5.91 Å². The van der Waals surface area contributed by atoms with Gasteiger partial charge in [-0.25, -0.2) is 0 Å². The lowest BCUT2D eigenvalue weighted by molar-refractivity contribution is -0.113. The fourth-order valence-electron chi connectivity index (χ4n) is 3.41. The molecule has 1 aliphatic carbocycles. The molecule has 0 aliphatic heterocycles. The number of carbonyl (C=O) groups is 1. The Kier molecular flexibility index (Phi) is 6.97. The van der Waals surface area contributed by atoms with Gasteiger partial charge in [0.1, 0.15) is 17.3 Å². The van der Waals surface area contributed by atoms with Crippen molar-refractivity contribution in [3.8, 4) is 11.5 Å². The molecule has 0 atom stereocenters. The van der Waals surface area contributed by atoms with Crippen LogP contribution >= 0.6 is 11.8 Å². The molecule has 0 saturated heterocycles. The van der Waals surface area contributed by atoms with Crippen LogP contribution in [0.5, 0.6) is 11.5 Å². The lowest BCUT2D eigenvalue weighted by Gasteiger charge is -2.13. The number of ether oxygens (including phenoxy) is 2. The van der Waals surface area contributed by atoms with Crippen LogP contribution in [0.2, 0.25) is 0 Å². The van der Waals surface area contributed by atoms with Crippen molar-refractivity contribution in [2.45, 2.75) is 43.3 Å². The smallest absolute Gasteiger partial charge is 0.234 e. The maximum atomic E-state index is 12.4. The second-order valence-electron chi connectivity index (χ2n) is 6.62. The van der Waals surface area contributed by atoms with Crippen molar-refractivity contribution < 1.29 is 14.3 Å². The summed E-state index contributed by atoms with van der Waals surface area (Å²) in [6.07, 6.45) is 6.62. The summed E-state index contributed by atoms with van der Waals surface area (Å²) in [4.78, 5) is 12.4. The van der Waals surface area contributed by atoms with Gasteiger partial charge >= 0.3 is 0 Å². The predicted octanol–water partition coefficient (Wildman–Crippen LogP) is 3.87. The molecule has 0 bridgehead atoms. The van der Waals surface area contributed by atoms with Crippen molar-refractivity contribution in [3.05, 3.63) is 36.7 Å². The Hall–Kier alpha value is -2.48. The van der Waals surface area contributed by atoms with Crippen LogP contribution < -0.4 is 14.8 Å². The van der Waals surface area contributed by atoms with Gasteiger partial charge < -0.3 is 19.4 Å². The summed E-state index contributed by atoms with van der Waals surface area (Å²) in [5.74, 6) is 2.78. The number of allylic oxidation sites excluding steroid dienone is 1. The van der Waals surface area contributed by atoms with Crippen molar-refractivity contribution in [2.75, 3.05) is 25.3 Å². The number of amides is 1. The lowest BCUT2D eigenvalue weighted by atomic mass is 10.1. The number of rotatable bonds is 9. The number of methoxy groups -OCH3 is 2. The van der Waals surface area contributed by atoms with Gasteiger partial charge in [-0.3, -0.25) is 4.79 Å². The Morgan fingerprint density at radius 3 is 2.79 bits per heavy atom. The molecule has 0 unspecified atom stereocenters. The average Bonchev–Trinajstić information content (AvgIpc) is 3.37. The van der Waals surface area contributed by atoms with Crippen LogP contribution in [-0.2, 0) is 11.3 Å². The van der Waals surface area contributed by atoms with Crippen LogP contribution in [-0.4, -0.2) is 40.6 Å². The Morgan fingerprint density at radius 1 is 1.32 bits per heavy atom. The molecule has 2 aromatic rings. The number of hydrogen-bond acceptors (Lipinski definition) is 6. The molecule has 1 saturated carbocycles. The third-order valence-corrected chi connectivity index (χ3v) is 5.76. The molecule has 1 aromatic heterocycles. The summed E-state index contributed by atoms with van der Waals surface area (Å²) >= 11 is 1.38. The van der Waals surface area contributed by atoms with Gasteiger partial charge in [-0.1, -0.05) is 30.7 Å². The first kappa shape index (κ1) is 20.3. The highest BCUT2D eigenvalue weighted by Crippen LogP contribution is 2.34. The molecule has 1 N–H and O–H groups in total. The fraction of sp³-hybridized carbons (Fsp3) is 0.450. The van der Waals surface area contributed by atoms with Crippen molar-refractivity contribution in [2.24, 2.45) is 0 Å². The summed E-state index contributed by atoms with van der Waals surface area (Å²) in [7, 11) is 3.14. The van der Waals surface area contributed by atoms with Gasteiger partial charge in [-0.05, 0) is 25.0 Å². The van der Waals surface area contributed by atoms with E-state index < -0.39 is 0 Å². The number of thioether (sulfide) groups is 1. The monoisotopic (exact) mass is 402 g/mol. The number of aromatic nitrogens is 3. The predicted molar refractivity (Wildman–Crippen MR) is 110 cm³/mol. The third-order valence-electron chi connectivity index (χ3n) is 4.79. The van der Waals surface area contributed by atoms with Crippen LogP contribution in [0.1, 0.15) is 37.4 Å². The summed E-state index contributed by atoms with van der Waals surface area (Å²) in [5, 5.41) is 12.4. The number of benzene rings is 1. The van der Waals surface area contributed by atoms with Gasteiger partial charge in [-0.15, -0.1) is 16.8 Å². The second kappa shape index (κ2) is 9.64. The highest BCUT2D eigenvalue weighted by molar-refractivity contribution is 7.99. The number of nitrogens with zero attached hydrogens (tertiary/aromatic N) is 3. The molecule has 0 radical (unpaired) electrons. The van der Waals surface area contributed by atoms with E-state index >= 15 is 0 Å². The Labute approximate surface area is 169 Å². The van der Waals surface area contributed by atoms with Crippen LogP contribution in [0.4, 0.5) is 5.69 Å². The molecule has 1 aliphatic rings. The molecule has 28 heavy (non-hydrogen) atoms.